The Balaban J connectivity index is 1.84. The van der Waals surface area contributed by atoms with Crippen LogP contribution in [0.3, 0.4) is 0 Å². The van der Waals surface area contributed by atoms with E-state index in [0.717, 1.165) is 26.9 Å². The lowest BCUT2D eigenvalue weighted by atomic mass is 10.2. The fourth-order valence-electron chi connectivity index (χ4n) is 2.28. The van der Waals surface area contributed by atoms with Crippen LogP contribution in [0.25, 0.3) is 0 Å². The highest BCUT2D eigenvalue weighted by Gasteiger charge is 2.22. The van der Waals surface area contributed by atoms with Gasteiger partial charge in [0.05, 0.1) is 17.0 Å². The minimum Gasteiger partial charge on any atom is -0.354 e. The van der Waals surface area contributed by atoms with Gasteiger partial charge in [-0.15, -0.1) is 0 Å². The first kappa shape index (κ1) is 21.9. The van der Waals surface area contributed by atoms with E-state index in [4.69, 9.17) is 23.2 Å². The Hall–Kier alpha value is -1.41. The summed E-state index contributed by atoms with van der Waals surface area (Å²) in [4.78, 5) is 12.2. The Morgan fingerprint density at radius 1 is 1.07 bits per heavy atom. The molecule has 0 heterocycles. The maximum Gasteiger partial charge on any atom is 0.240 e. The molecule has 2 aromatic carbocycles. The third-order valence-corrected chi connectivity index (χ3v) is 6.42. The number of nitrogens with zero attached hydrogens (tertiary/aromatic N) is 1. The van der Waals surface area contributed by atoms with Crippen molar-refractivity contribution < 1.29 is 13.2 Å². The van der Waals surface area contributed by atoms with E-state index in [-0.39, 0.29) is 17.3 Å². The molecule has 2 rings (SSSR count). The number of hydrogen-bond donors (Lipinski definition) is 1. The molecule has 0 spiro atoms. The zero-order chi connectivity index (χ0) is 19.9. The smallest absolute Gasteiger partial charge is 0.240 e. The van der Waals surface area contributed by atoms with Gasteiger partial charge in [0.15, 0.2) is 0 Å². The van der Waals surface area contributed by atoms with Crippen molar-refractivity contribution in [3.05, 3.63) is 64.1 Å². The number of benzene rings is 2. The van der Waals surface area contributed by atoms with Gasteiger partial charge in [-0.25, -0.2) is 8.42 Å². The van der Waals surface area contributed by atoms with Crippen LogP contribution in [-0.2, 0) is 20.6 Å². The summed E-state index contributed by atoms with van der Waals surface area (Å²) in [5.41, 5.74) is 1.32. The van der Waals surface area contributed by atoms with Gasteiger partial charge in [-0.3, -0.25) is 9.10 Å². The molecule has 0 aliphatic rings. The number of carbonyl (C=O) groups excluding carboxylic acids is 1. The van der Waals surface area contributed by atoms with E-state index in [1.807, 2.05) is 24.3 Å². The lowest BCUT2D eigenvalue weighted by Gasteiger charge is -2.22. The maximum absolute atomic E-state index is 12.2. The van der Waals surface area contributed by atoms with Gasteiger partial charge in [0.2, 0.25) is 15.9 Å². The molecular weight excluding hydrogens is 427 g/mol. The molecular formula is C18H20Cl2N2O3S2. The molecule has 0 aromatic heterocycles. The van der Waals surface area contributed by atoms with Crippen molar-refractivity contribution in [3.8, 4) is 0 Å². The molecule has 0 unspecified atom stereocenters. The average Bonchev–Trinajstić information content (AvgIpc) is 2.61. The first-order valence-corrected chi connectivity index (χ1v) is 11.8. The van der Waals surface area contributed by atoms with E-state index in [9.17, 15) is 13.2 Å². The van der Waals surface area contributed by atoms with Crippen LogP contribution in [0.4, 0.5) is 5.69 Å². The highest BCUT2D eigenvalue weighted by molar-refractivity contribution is 7.98. The number of para-hydroxylation sites is 1. The predicted octanol–water partition coefficient (Wildman–Crippen LogP) is 3.81. The van der Waals surface area contributed by atoms with Gasteiger partial charge < -0.3 is 5.32 Å². The molecule has 0 saturated heterocycles. The van der Waals surface area contributed by atoms with Crippen LogP contribution in [0.5, 0.6) is 0 Å². The minimum absolute atomic E-state index is 0.269. The Labute approximate surface area is 174 Å². The Kier molecular flexibility index (Phi) is 8.28. The minimum atomic E-state index is -3.64. The van der Waals surface area contributed by atoms with Crippen molar-refractivity contribution in [3.63, 3.8) is 0 Å². The second kappa shape index (κ2) is 10.2. The van der Waals surface area contributed by atoms with Crippen LogP contribution >= 0.6 is 35.0 Å². The summed E-state index contributed by atoms with van der Waals surface area (Å²) in [6.45, 7) is 0.103. The van der Waals surface area contributed by atoms with Gasteiger partial charge in [-0.2, -0.15) is 11.8 Å². The molecule has 0 bridgehead atoms. The molecule has 0 aliphatic carbocycles. The monoisotopic (exact) mass is 446 g/mol. The summed E-state index contributed by atoms with van der Waals surface area (Å²) in [7, 11) is -3.64. The fourth-order valence-corrected chi connectivity index (χ4v) is 4.58. The molecule has 9 heteroatoms. The molecule has 0 aliphatic heterocycles. The zero-order valence-electron chi connectivity index (χ0n) is 14.7. The van der Waals surface area contributed by atoms with Gasteiger partial charge >= 0.3 is 0 Å². The lowest BCUT2D eigenvalue weighted by molar-refractivity contribution is -0.119. The van der Waals surface area contributed by atoms with E-state index in [0.29, 0.717) is 12.3 Å². The van der Waals surface area contributed by atoms with E-state index in [2.05, 4.69) is 5.32 Å². The quantitative estimate of drug-likeness (QED) is 0.594. The molecule has 1 amide bonds. The highest BCUT2D eigenvalue weighted by Crippen LogP contribution is 2.26. The first-order chi connectivity index (χ1) is 12.8. The van der Waals surface area contributed by atoms with E-state index in [1.54, 1.807) is 36.0 Å². The second-order valence-corrected chi connectivity index (χ2v) is 9.54. The van der Waals surface area contributed by atoms with E-state index < -0.39 is 15.9 Å². The van der Waals surface area contributed by atoms with Gasteiger partial charge in [0, 0.05) is 23.1 Å². The average molecular weight is 447 g/mol. The normalized spacial score (nSPS) is 11.2. The summed E-state index contributed by atoms with van der Waals surface area (Å²) >= 11 is 13.8. The molecule has 1 N–H and O–H groups in total. The molecule has 0 radical (unpaired) electrons. The standard InChI is InChI=1S/C18H20Cl2N2O3S2/c1-27(24,25)22(17-9-5-4-8-16(17)20)12-18(23)21-10-11-26-13-14-6-2-3-7-15(14)19/h2-9H,10-13H2,1H3,(H,21,23). The van der Waals surface area contributed by atoms with Crippen LogP contribution in [0.1, 0.15) is 5.56 Å². The predicted molar refractivity (Wildman–Crippen MR) is 114 cm³/mol. The van der Waals surface area contributed by atoms with Gasteiger partial charge in [-0.1, -0.05) is 53.5 Å². The summed E-state index contributed by atoms with van der Waals surface area (Å²) < 4.78 is 25.1. The molecule has 2 aromatic rings. The Bertz CT molecular complexity index is 892. The van der Waals surface area contributed by atoms with Crippen molar-refractivity contribution in [1.82, 2.24) is 5.32 Å². The first-order valence-electron chi connectivity index (χ1n) is 8.09. The van der Waals surface area contributed by atoms with Crippen LogP contribution in [0.15, 0.2) is 48.5 Å². The van der Waals surface area contributed by atoms with Crippen LogP contribution in [0.2, 0.25) is 10.0 Å². The second-order valence-electron chi connectivity index (χ2n) is 5.71. The van der Waals surface area contributed by atoms with E-state index in [1.165, 1.54) is 0 Å². The number of thioether (sulfide) groups is 1. The summed E-state index contributed by atoms with van der Waals surface area (Å²) in [6, 6.07) is 14.1. The van der Waals surface area contributed by atoms with Crippen LogP contribution < -0.4 is 9.62 Å². The Morgan fingerprint density at radius 3 is 2.33 bits per heavy atom. The SMILES string of the molecule is CS(=O)(=O)N(CC(=O)NCCSCc1ccccc1Cl)c1ccccc1Cl. The van der Waals surface area contributed by atoms with Gasteiger partial charge in [0.25, 0.3) is 0 Å². The van der Waals surface area contributed by atoms with Gasteiger partial charge in [-0.05, 0) is 23.8 Å². The zero-order valence-corrected chi connectivity index (χ0v) is 17.8. The summed E-state index contributed by atoms with van der Waals surface area (Å²) in [6.07, 6.45) is 1.04. The molecule has 0 fully saturated rings. The number of carbonyl (C=O) groups is 1. The topological polar surface area (TPSA) is 66.5 Å². The number of rotatable bonds is 9. The highest BCUT2D eigenvalue weighted by atomic mass is 35.5. The largest absolute Gasteiger partial charge is 0.354 e. The summed E-state index contributed by atoms with van der Waals surface area (Å²) in [5.74, 6) is 1.03. The maximum atomic E-state index is 12.2. The molecule has 0 saturated carbocycles. The summed E-state index contributed by atoms with van der Waals surface area (Å²) in [5, 5.41) is 3.72. The van der Waals surface area contributed by atoms with Crippen molar-refractivity contribution in [2.45, 2.75) is 5.75 Å². The number of amides is 1. The third kappa shape index (κ3) is 6.92. The number of halogens is 2. The molecule has 0 atom stereocenters. The van der Waals surface area contributed by atoms with Crippen LogP contribution in [-0.4, -0.2) is 39.4 Å². The third-order valence-electron chi connectivity index (χ3n) is 3.59. The van der Waals surface area contributed by atoms with Gasteiger partial charge in [0.1, 0.15) is 6.54 Å². The number of hydrogen-bond acceptors (Lipinski definition) is 4. The van der Waals surface area contributed by atoms with Crippen molar-refractivity contribution in [1.29, 1.82) is 0 Å². The fraction of sp³-hybridized carbons (Fsp3) is 0.278. The number of nitrogens with one attached hydrogen (secondary N) is 1. The van der Waals surface area contributed by atoms with Crippen LogP contribution in [0, 0.1) is 0 Å². The van der Waals surface area contributed by atoms with Crippen molar-refractivity contribution in [2.24, 2.45) is 0 Å². The molecule has 146 valence electrons. The lowest BCUT2D eigenvalue weighted by Crippen LogP contribution is -2.41. The molecule has 27 heavy (non-hydrogen) atoms. The van der Waals surface area contributed by atoms with Crippen molar-refractivity contribution in [2.75, 3.05) is 29.4 Å². The van der Waals surface area contributed by atoms with E-state index >= 15 is 0 Å². The number of sulfonamides is 1. The van der Waals surface area contributed by atoms with Crippen molar-refractivity contribution >= 4 is 56.6 Å². The molecule has 5 nitrogen and oxygen atoms in total. The number of anilines is 1. The Morgan fingerprint density at radius 2 is 1.70 bits per heavy atom.